The number of hydrogen-bond donors (Lipinski definition) is 1. The predicted octanol–water partition coefficient (Wildman–Crippen LogP) is 3.36. The van der Waals surface area contributed by atoms with Crippen LogP contribution >= 0.6 is 0 Å². The SMILES string of the molecule is CCCOc1cccc(CNC(C)C2CC2)c1. The van der Waals surface area contributed by atoms with E-state index in [4.69, 9.17) is 4.74 Å². The molecule has 0 spiro atoms. The Morgan fingerprint density at radius 1 is 1.41 bits per heavy atom. The second-order valence-electron chi connectivity index (χ2n) is 5.00. The molecular weight excluding hydrogens is 210 g/mol. The largest absolute Gasteiger partial charge is 0.494 e. The Labute approximate surface area is 104 Å². The maximum absolute atomic E-state index is 5.63. The number of rotatable bonds is 7. The molecule has 2 nitrogen and oxygen atoms in total. The Morgan fingerprint density at radius 3 is 2.94 bits per heavy atom. The third-order valence-corrected chi connectivity index (χ3v) is 3.33. The molecule has 17 heavy (non-hydrogen) atoms. The van der Waals surface area contributed by atoms with E-state index in [-0.39, 0.29) is 0 Å². The molecule has 0 radical (unpaired) electrons. The van der Waals surface area contributed by atoms with Crippen molar-refractivity contribution in [1.29, 1.82) is 0 Å². The van der Waals surface area contributed by atoms with E-state index in [2.05, 4.69) is 37.4 Å². The van der Waals surface area contributed by atoms with Crippen LogP contribution in [0.1, 0.15) is 38.7 Å². The van der Waals surface area contributed by atoms with Crippen LogP contribution in [0.15, 0.2) is 24.3 Å². The summed E-state index contributed by atoms with van der Waals surface area (Å²) in [6.45, 7) is 6.16. The zero-order chi connectivity index (χ0) is 12.1. The molecule has 0 amide bonds. The first-order valence-electron chi connectivity index (χ1n) is 6.74. The highest BCUT2D eigenvalue weighted by molar-refractivity contribution is 5.28. The average molecular weight is 233 g/mol. The molecule has 1 fully saturated rings. The summed E-state index contributed by atoms with van der Waals surface area (Å²) in [5.41, 5.74) is 1.31. The van der Waals surface area contributed by atoms with Gasteiger partial charge in [-0.05, 0) is 49.8 Å². The van der Waals surface area contributed by atoms with Crippen molar-refractivity contribution in [2.75, 3.05) is 6.61 Å². The molecule has 0 heterocycles. The minimum atomic E-state index is 0.648. The maximum Gasteiger partial charge on any atom is 0.119 e. The summed E-state index contributed by atoms with van der Waals surface area (Å²) in [7, 11) is 0. The molecule has 1 unspecified atom stereocenters. The molecule has 1 N–H and O–H groups in total. The fourth-order valence-electron chi connectivity index (χ4n) is 2.01. The highest BCUT2D eigenvalue weighted by Gasteiger charge is 2.27. The Kier molecular flexibility index (Phi) is 4.43. The molecule has 1 aliphatic carbocycles. The summed E-state index contributed by atoms with van der Waals surface area (Å²) in [5, 5.41) is 3.59. The van der Waals surface area contributed by atoms with Crippen molar-refractivity contribution in [2.24, 2.45) is 5.92 Å². The van der Waals surface area contributed by atoms with Gasteiger partial charge >= 0.3 is 0 Å². The van der Waals surface area contributed by atoms with Gasteiger partial charge in [0.05, 0.1) is 6.61 Å². The van der Waals surface area contributed by atoms with Crippen LogP contribution in [0, 0.1) is 5.92 Å². The molecule has 1 saturated carbocycles. The number of benzene rings is 1. The van der Waals surface area contributed by atoms with E-state index in [0.717, 1.165) is 31.2 Å². The lowest BCUT2D eigenvalue weighted by Crippen LogP contribution is -2.27. The maximum atomic E-state index is 5.63. The van der Waals surface area contributed by atoms with Crippen LogP contribution in [-0.4, -0.2) is 12.6 Å². The number of hydrogen-bond acceptors (Lipinski definition) is 2. The normalized spacial score (nSPS) is 16.8. The third-order valence-electron chi connectivity index (χ3n) is 3.33. The van der Waals surface area contributed by atoms with Crippen LogP contribution in [0.25, 0.3) is 0 Å². The molecule has 2 heteroatoms. The Morgan fingerprint density at radius 2 is 2.24 bits per heavy atom. The minimum absolute atomic E-state index is 0.648. The second-order valence-corrected chi connectivity index (χ2v) is 5.00. The van der Waals surface area contributed by atoms with Crippen molar-refractivity contribution < 1.29 is 4.74 Å². The highest BCUT2D eigenvalue weighted by Crippen LogP contribution is 2.32. The minimum Gasteiger partial charge on any atom is -0.494 e. The molecule has 0 saturated heterocycles. The summed E-state index contributed by atoms with van der Waals surface area (Å²) in [6.07, 6.45) is 3.85. The van der Waals surface area contributed by atoms with E-state index < -0.39 is 0 Å². The van der Waals surface area contributed by atoms with Crippen LogP contribution in [0.2, 0.25) is 0 Å². The van der Waals surface area contributed by atoms with Crippen molar-refractivity contribution >= 4 is 0 Å². The lowest BCUT2D eigenvalue weighted by Gasteiger charge is -2.13. The Balaban J connectivity index is 1.82. The van der Waals surface area contributed by atoms with Crippen molar-refractivity contribution in [3.05, 3.63) is 29.8 Å². The van der Waals surface area contributed by atoms with E-state index in [1.165, 1.54) is 18.4 Å². The van der Waals surface area contributed by atoms with Crippen LogP contribution in [0.3, 0.4) is 0 Å². The van der Waals surface area contributed by atoms with Gasteiger partial charge in [0.25, 0.3) is 0 Å². The van der Waals surface area contributed by atoms with Crippen molar-refractivity contribution in [1.82, 2.24) is 5.32 Å². The van der Waals surface area contributed by atoms with Gasteiger partial charge in [-0.3, -0.25) is 0 Å². The van der Waals surface area contributed by atoms with Gasteiger partial charge in [-0.1, -0.05) is 19.1 Å². The fourth-order valence-corrected chi connectivity index (χ4v) is 2.01. The molecule has 0 bridgehead atoms. The first-order valence-corrected chi connectivity index (χ1v) is 6.74. The standard InChI is InChI=1S/C15H23NO/c1-3-9-17-15-6-4-5-13(10-15)11-16-12(2)14-7-8-14/h4-6,10,12,14,16H,3,7-9,11H2,1-2H3. The van der Waals surface area contributed by atoms with Gasteiger partial charge in [0, 0.05) is 12.6 Å². The first-order chi connectivity index (χ1) is 8.29. The molecule has 94 valence electrons. The molecule has 0 aromatic heterocycles. The predicted molar refractivity (Wildman–Crippen MR) is 71.3 cm³/mol. The lowest BCUT2D eigenvalue weighted by atomic mass is 10.1. The van der Waals surface area contributed by atoms with E-state index >= 15 is 0 Å². The molecule has 1 aromatic carbocycles. The van der Waals surface area contributed by atoms with E-state index in [1.54, 1.807) is 0 Å². The zero-order valence-corrected chi connectivity index (χ0v) is 10.9. The van der Waals surface area contributed by atoms with Crippen LogP contribution in [0.4, 0.5) is 0 Å². The van der Waals surface area contributed by atoms with Gasteiger partial charge in [0.1, 0.15) is 5.75 Å². The van der Waals surface area contributed by atoms with E-state index in [1.807, 2.05) is 6.07 Å². The van der Waals surface area contributed by atoms with Gasteiger partial charge in [0.2, 0.25) is 0 Å². The molecular formula is C15H23NO. The third kappa shape index (κ3) is 4.04. The summed E-state index contributed by atoms with van der Waals surface area (Å²) < 4.78 is 5.63. The Bertz CT molecular complexity index is 347. The van der Waals surface area contributed by atoms with Crippen LogP contribution in [0.5, 0.6) is 5.75 Å². The second kappa shape index (κ2) is 6.06. The van der Waals surface area contributed by atoms with Crippen LogP contribution < -0.4 is 10.1 Å². The van der Waals surface area contributed by atoms with E-state index in [0.29, 0.717) is 6.04 Å². The summed E-state index contributed by atoms with van der Waals surface area (Å²) in [4.78, 5) is 0. The molecule has 1 atom stereocenters. The number of ether oxygens (including phenoxy) is 1. The molecule has 2 rings (SSSR count). The van der Waals surface area contributed by atoms with Crippen molar-refractivity contribution in [3.8, 4) is 5.75 Å². The smallest absolute Gasteiger partial charge is 0.119 e. The van der Waals surface area contributed by atoms with Crippen LogP contribution in [-0.2, 0) is 6.54 Å². The van der Waals surface area contributed by atoms with Gasteiger partial charge in [-0.25, -0.2) is 0 Å². The number of nitrogens with one attached hydrogen (secondary N) is 1. The summed E-state index contributed by atoms with van der Waals surface area (Å²) >= 11 is 0. The van der Waals surface area contributed by atoms with Crippen molar-refractivity contribution in [3.63, 3.8) is 0 Å². The Hall–Kier alpha value is -1.02. The summed E-state index contributed by atoms with van der Waals surface area (Å²) in [6, 6.07) is 9.05. The van der Waals surface area contributed by atoms with Gasteiger partial charge in [0.15, 0.2) is 0 Å². The highest BCUT2D eigenvalue weighted by atomic mass is 16.5. The van der Waals surface area contributed by atoms with Gasteiger partial charge in [-0.2, -0.15) is 0 Å². The topological polar surface area (TPSA) is 21.3 Å². The van der Waals surface area contributed by atoms with Crippen molar-refractivity contribution in [2.45, 2.75) is 45.7 Å². The molecule has 1 aliphatic rings. The quantitative estimate of drug-likeness (QED) is 0.779. The molecule has 0 aliphatic heterocycles. The van der Waals surface area contributed by atoms with Gasteiger partial charge < -0.3 is 10.1 Å². The monoisotopic (exact) mass is 233 g/mol. The van der Waals surface area contributed by atoms with Gasteiger partial charge in [-0.15, -0.1) is 0 Å². The average Bonchev–Trinajstić information content (AvgIpc) is 3.18. The molecule has 1 aromatic rings. The lowest BCUT2D eigenvalue weighted by molar-refractivity contribution is 0.317. The summed E-state index contributed by atoms with van der Waals surface area (Å²) in [5.74, 6) is 1.90. The fraction of sp³-hybridized carbons (Fsp3) is 0.600. The first kappa shape index (κ1) is 12.4. The van der Waals surface area contributed by atoms with E-state index in [9.17, 15) is 0 Å². The zero-order valence-electron chi connectivity index (χ0n) is 10.9.